The first kappa shape index (κ1) is 14.7. The number of para-hydroxylation sites is 1. The predicted octanol–water partition coefficient (Wildman–Crippen LogP) is 2.50. The zero-order chi connectivity index (χ0) is 15.0. The summed E-state index contributed by atoms with van der Waals surface area (Å²) in [6.45, 7) is 0.524. The van der Waals surface area contributed by atoms with Gasteiger partial charge in [-0.05, 0) is 37.2 Å². The largest absolute Gasteiger partial charge is 0.493 e. The second kappa shape index (κ2) is 5.50. The second-order valence-corrected chi connectivity index (χ2v) is 6.50. The third-order valence-electron chi connectivity index (χ3n) is 5.68. The first-order chi connectivity index (χ1) is 10.2. The highest BCUT2D eigenvalue weighted by Crippen LogP contribution is 2.61. The van der Waals surface area contributed by atoms with Crippen LogP contribution in [-0.2, 0) is 0 Å². The molecule has 4 heteroatoms. The molecule has 3 rings (SSSR count). The summed E-state index contributed by atoms with van der Waals surface area (Å²) in [5.41, 5.74) is 6.72. The average molecular weight is 291 g/mol. The van der Waals surface area contributed by atoms with E-state index >= 15 is 0 Å². The van der Waals surface area contributed by atoms with Crippen molar-refractivity contribution in [3.05, 3.63) is 23.8 Å². The average Bonchev–Trinajstić information content (AvgIpc) is 3.14. The second-order valence-electron chi connectivity index (χ2n) is 6.50. The fourth-order valence-electron chi connectivity index (χ4n) is 4.62. The molecule has 4 unspecified atom stereocenters. The summed E-state index contributed by atoms with van der Waals surface area (Å²) in [5, 5.41) is 11.1. The number of rotatable bonds is 5. The van der Waals surface area contributed by atoms with Crippen molar-refractivity contribution in [3.63, 3.8) is 0 Å². The quantitative estimate of drug-likeness (QED) is 0.875. The Bertz CT molecular complexity index is 519. The van der Waals surface area contributed by atoms with Gasteiger partial charge in [0.15, 0.2) is 11.5 Å². The summed E-state index contributed by atoms with van der Waals surface area (Å²) in [4.78, 5) is 0. The van der Waals surface area contributed by atoms with E-state index in [1.54, 1.807) is 14.2 Å². The van der Waals surface area contributed by atoms with Gasteiger partial charge in [-0.2, -0.15) is 0 Å². The third kappa shape index (κ3) is 2.12. The summed E-state index contributed by atoms with van der Waals surface area (Å²) in [6, 6.07) is 5.68. The minimum Gasteiger partial charge on any atom is -0.493 e. The number of benzene rings is 1. The normalized spacial score (nSPS) is 32.2. The van der Waals surface area contributed by atoms with Crippen molar-refractivity contribution >= 4 is 0 Å². The molecular weight excluding hydrogens is 266 g/mol. The first-order valence-corrected chi connectivity index (χ1v) is 7.75. The van der Waals surface area contributed by atoms with Crippen LogP contribution in [0.1, 0.15) is 37.4 Å². The van der Waals surface area contributed by atoms with Gasteiger partial charge in [-0.25, -0.2) is 0 Å². The van der Waals surface area contributed by atoms with Gasteiger partial charge < -0.3 is 20.3 Å². The molecular formula is C17H25NO3. The molecule has 2 aliphatic rings. The maximum Gasteiger partial charge on any atom is 0.166 e. The maximum absolute atomic E-state index is 11.1. The summed E-state index contributed by atoms with van der Waals surface area (Å²) < 4.78 is 10.8. The van der Waals surface area contributed by atoms with Crippen molar-refractivity contribution in [1.29, 1.82) is 0 Å². The lowest BCUT2D eigenvalue weighted by molar-refractivity contribution is -0.0144. The molecule has 0 spiro atoms. The van der Waals surface area contributed by atoms with Gasteiger partial charge >= 0.3 is 0 Å². The van der Waals surface area contributed by atoms with Crippen LogP contribution in [0.2, 0.25) is 0 Å². The van der Waals surface area contributed by atoms with Gasteiger partial charge in [0.2, 0.25) is 0 Å². The Balaban J connectivity index is 2.00. The van der Waals surface area contributed by atoms with Gasteiger partial charge in [0, 0.05) is 17.5 Å². The summed E-state index contributed by atoms with van der Waals surface area (Å²) in [5.74, 6) is 2.54. The topological polar surface area (TPSA) is 64.7 Å². The lowest BCUT2D eigenvalue weighted by Crippen LogP contribution is -2.41. The van der Waals surface area contributed by atoms with E-state index in [4.69, 9.17) is 15.2 Å². The smallest absolute Gasteiger partial charge is 0.166 e. The molecule has 4 atom stereocenters. The van der Waals surface area contributed by atoms with Crippen LogP contribution in [0, 0.1) is 17.3 Å². The fraction of sp³-hybridized carbons (Fsp3) is 0.647. The van der Waals surface area contributed by atoms with Crippen molar-refractivity contribution < 1.29 is 14.6 Å². The molecule has 2 bridgehead atoms. The molecule has 1 aromatic carbocycles. The van der Waals surface area contributed by atoms with Gasteiger partial charge in [-0.1, -0.05) is 18.6 Å². The molecule has 116 valence electrons. The van der Waals surface area contributed by atoms with Gasteiger partial charge in [0.1, 0.15) is 0 Å². The lowest BCUT2D eigenvalue weighted by atomic mass is 9.67. The van der Waals surface area contributed by atoms with Gasteiger partial charge in [0.25, 0.3) is 0 Å². The molecule has 0 aliphatic heterocycles. The molecule has 0 aromatic heterocycles. The van der Waals surface area contributed by atoms with Crippen LogP contribution in [-0.4, -0.2) is 25.9 Å². The van der Waals surface area contributed by atoms with E-state index in [2.05, 4.69) is 0 Å². The number of ether oxygens (including phenoxy) is 2. The molecule has 2 saturated carbocycles. The summed E-state index contributed by atoms with van der Waals surface area (Å²) >= 11 is 0. The minimum atomic E-state index is -0.595. The Labute approximate surface area is 126 Å². The molecule has 4 nitrogen and oxygen atoms in total. The molecule has 21 heavy (non-hydrogen) atoms. The number of hydrogen-bond donors (Lipinski definition) is 2. The highest BCUT2D eigenvalue weighted by molar-refractivity contribution is 5.48. The highest BCUT2D eigenvalue weighted by atomic mass is 16.5. The number of methoxy groups -OCH3 is 2. The minimum absolute atomic E-state index is 0.206. The molecule has 0 amide bonds. The van der Waals surface area contributed by atoms with Crippen molar-refractivity contribution in [2.45, 2.75) is 31.8 Å². The van der Waals surface area contributed by atoms with Gasteiger partial charge in [0.05, 0.1) is 20.3 Å². The SMILES string of the molecule is COc1cccc(C(O)C2(CN)CC3CCC2C3)c1OC. The number of aliphatic hydroxyl groups is 1. The Morgan fingerprint density at radius 2 is 2.14 bits per heavy atom. The molecule has 2 fully saturated rings. The number of nitrogens with two attached hydrogens (primary N) is 1. The van der Waals surface area contributed by atoms with Crippen LogP contribution in [0.25, 0.3) is 0 Å². The molecule has 2 aliphatic carbocycles. The van der Waals surface area contributed by atoms with Crippen LogP contribution in [0.15, 0.2) is 18.2 Å². The van der Waals surface area contributed by atoms with Crippen molar-refractivity contribution in [3.8, 4) is 11.5 Å². The third-order valence-corrected chi connectivity index (χ3v) is 5.68. The van der Waals surface area contributed by atoms with Crippen LogP contribution >= 0.6 is 0 Å². The van der Waals surface area contributed by atoms with Gasteiger partial charge in [-0.15, -0.1) is 0 Å². The van der Waals surface area contributed by atoms with Crippen LogP contribution < -0.4 is 15.2 Å². The number of aliphatic hydroxyl groups excluding tert-OH is 1. The predicted molar refractivity (Wildman–Crippen MR) is 81.4 cm³/mol. The number of fused-ring (bicyclic) bond motifs is 2. The Morgan fingerprint density at radius 3 is 2.67 bits per heavy atom. The lowest BCUT2D eigenvalue weighted by Gasteiger charge is -2.41. The van der Waals surface area contributed by atoms with E-state index in [9.17, 15) is 5.11 Å². The van der Waals surface area contributed by atoms with E-state index in [1.807, 2.05) is 18.2 Å². The standard InChI is InChI=1S/C17H25NO3/c1-20-14-5-3-4-13(15(14)21-2)16(19)17(10-18)9-11-6-7-12(17)8-11/h3-5,11-12,16,19H,6-10,18H2,1-2H3. The Morgan fingerprint density at radius 1 is 1.33 bits per heavy atom. The molecule has 0 saturated heterocycles. The van der Waals surface area contributed by atoms with Crippen molar-refractivity contribution in [2.75, 3.05) is 20.8 Å². The Kier molecular flexibility index (Phi) is 3.84. The van der Waals surface area contributed by atoms with Crippen LogP contribution in [0.4, 0.5) is 0 Å². The number of hydrogen-bond acceptors (Lipinski definition) is 4. The maximum atomic E-state index is 11.1. The van der Waals surface area contributed by atoms with Crippen LogP contribution in [0.5, 0.6) is 11.5 Å². The molecule has 0 radical (unpaired) electrons. The van der Waals surface area contributed by atoms with E-state index in [0.29, 0.717) is 24.0 Å². The zero-order valence-electron chi connectivity index (χ0n) is 12.8. The summed E-state index contributed by atoms with van der Waals surface area (Å²) in [7, 11) is 3.23. The van der Waals surface area contributed by atoms with E-state index < -0.39 is 6.10 Å². The highest BCUT2D eigenvalue weighted by Gasteiger charge is 2.54. The first-order valence-electron chi connectivity index (χ1n) is 7.75. The molecule has 3 N–H and O–H groups in total. The fourth-order valence-corrected chi connectivity index (χ4v) is 4.62. The molecule has 1 aromatic rings. The van der Waals surface area contributed by atoms with E-state index in [0.717, 1.165) is 17.9 Å². The van der Waals surface area contributed by atoms with E-state index in [-0.39, 0.29) is 5.41 Å². The van der Waals surface area contributed by atoms with Crippen LogP contribution in [0.3, 0.4) is 0 Å². The van der Waals surface area contributed by atoms with E-state index in [1.165, 1.54) is 19.3 Å². The monoisotopic (exact) mass is 291 g/mol. The summed E-state index contributed by atoms with van der Waals surface area (Å²) in [6.07, 6.45) is 4.11. The van der Waals surface area contributed by atoms with Crippen molar-refractivity contribution in [2.24, 2.45) is 23.0 Å². The zero-order valence-corrected chi connectivity index (χ0v) is 12.8. The Hall–Kier alpha value is -1.26. The van der Waals surface area contributed by atoms with Gasteiger partial charge in [-0.3, -0.25) is 0 Å². The molecule has 0 heterocycles. The van der Waals surface area contributed by atoms with Crippen molar-refractivity contribution in [1.82, 2.24) is 0 Å².